The number of aromatic hydroxyl groups is 1. The standard InChI is InChI=1S/C30H33N7O4/c1-2-14-36-19-26(39)27-24(15-20-8-10-23(38)11-9-20)28(40)35(17-22-12-13-32-29(31)34-22)18-25(27)37(36)30(41)33-16-21-6-4-3-5-7-21/h2-13,24-25,27,38H,1,14-19H2,(H,33,41)(H2,31,32,34). The van der Waals surface area contributed by atoms with E-state index in [1.165, 1.54) is 6.20 Å². The van der Waals surface area contributed by atoms with Gasteiger partial charge in [-0.1, -0.05) is 48.5 Å². The van der Waals surface area contributed by atoms with Crippen LogP contribution in [0.15, 0.2) is 79.5 Å². The number of fused-ring (bicyclic) bond motifs is 1. The summed E-state index contributed by atoms with van der Waals surface area (Å²) in [6.45, 7) is 4.68. The fraction of sp³-hybridized carbons (Fsp3) is 0.300. The van der Waals surface area contributed by atoms with E-state index in [9.17, 15) is 19.5 Å². The second-order valence-electron chi connectivity index (χ2n) is 10.3. The minimum Gasteiger partial charge on any atom is -0.508 e. The van der Waals surface area contributed by atoms with Crippen molar-refractivity contribution in [3.8, 4) is 5.75 Å². The average Bonchev–Trinajstić information content (AvgIpc) is 2.96. The zero-order valence-electron chi connectivity index (χ0n) is 22.6. The normalized spacial score (nSPS) is 20.9. The second kappa shape index (κ2) is 12.2. The molecule has 0 aliphatic carbocycles. The molecule has 5 rings (SSSR count). The van der Waals surface area contributed by atoms with Gasteiger partial charge in [-0.25, -0.2) is 19.8 Å². The van der Waals surface area contributed by atoms with Crippen molar-refractivity contribution in [3.05, 3.63) is 96.3 Å². The molecule has 2 fully saturated rings. The van der Waals surface area contributed by atoms with Crippen LogP contribution in [0.4, 0.5) is 10.7 Å². The summed E-state index contributed by atoms with van der Waals surface area (Å²) < 4.78 is 0. The average molecular weight is 556 g/mol. The number of hydrazine groups is 1. The Hall–Kier alpha value is -4.77. The maximum absolute atomic E-state index is 14.0. The number of benzene rings is 2. The number of hydrogen-bond acceptors (Lipinski definition) is 8. The van der Waals surface area contributed by atoms with Gasteiger partial charge in [0.2, 0.25) is 11.9 Å². The van der Waals surface area contributed by atoms with Crippen LogP contribution >= 0.6 is 0 Å². The van der Waals surface area contributed by atoms with Crippen molar-refractivity contribution in [1.82, 2.24) is 30.2 Å². The Morgan fingerprint density at radius 1 is 1.10 bits per heavy atom. The Morgan fingerprint density at radius 3 is 2.56 bits per heavy atom. The van der Waals surface area contributed by atoms with Crippen LogP contribution < -0.4 is 11.1 Å². The van der Waals surface area contributed by atoms with E-state index < -0.39 is 17.9 Å². The molecule has 3 heterocycles. The Morgan fingerprint density at radius 2 is 1.85 bits per heavy atom. The molecule has 1 aromatic heterocycles. The first-order valence-corrected chi connectivity index (χ1v) is 13.5. The molecule has 11 nitrogen and oxygen atoms in total. The first-order chi connectivity index (χ1) is 19.8. The van der Waals surface area contributed by atoms with Gasteiger partial charge < -0.3 is 21.1 Å². The first-order valence-electron chi connectivity index (χ1n) is 13.5. The van der Waals surface area contributed by atoms with Crippen molar-refractivity contribution >= 4 is 23.7 Å². The number of phenolic OH excluding ortho intramolecular Hbond substituents is 1. The minimum absolute atomic E-state index is 0.0201. The number of likely N-dealkylation sites (tertiary alicyclic amines) is 1. The summed E-state index contributed by atoms with van der Waals surface area (Å²) in [7, 11) is 0. The molecular formula is C30H33N7O4. The van der Waals surface area contributed by atoms with Crippen LogP contribution in [0.2, 0.25) is 0 Å². The monoisotopic (exact) mass is 555 g/mol. The lowest BCUT2D eigenvalue weighted by Gasteiger charge is -2.52. The molecule has 3 atom stereocenters. The van der Waals surface area contributed by atoms with Gasteiger partial charge in [-0.05, 0) is 35.7 Å². The number of amides is 3. The number of nitrogens with zero attached hydrogens (tertiary/aromatic N) is 5. The van der Waals surface area contributed by atoms with E-state index in [2.05, 4.69) is 21.9 Å². The zero-order valence-corrected chi connectivity index (χ0v) is 22.6. The third kappa shape index (κ3) is 6.20. The Labute approximate surface area is 238 Å². The second-order valence-corrected chi connectivity index (χ2v) is 10.3. The van der Waals surface area contributed by atoms with E-state index in [1.807, 2.05) is 30.3 Å². The van der Waals surface area contributed by atoms with Crippen LogP contribution in [0.25, 0.3) is 0 Å². The molecule has 0 saturated carbocycles. The van der Waals surface area contributed by atoms with Crippen LogP contribution in [0, 0.1) is 11.8 Å². The third-order valence-electron chi connectivity index (χ3n) is 7.52. The fourth-order valence-corrected chi connectivity index (χ4v) is 5.70. The predicted molar refractivity (Wildman–Crippen MR) is 152 cm³/mol. The maximum atomic E-state index is 14.0. The van der Waals surface area contributed by atoms with Crippen LogP contribution in [0.1, 0.15) is 16.8 Å². The minimum atomic E-state index is -0.722. The van der Waals surface area contributed by atoms with Gasteiger partial charge >= 0.3 is 6.03 Å². The molecule has 3 amide bonds. The van der Waals surface area contributed by atoms with Gasteiger partial charge in [0, 0.05) is 25.8 Å². The molecule has 11 heteroatoms. The molecule has 3 aromatic rings. The molecule has 0 radical (unpaired) electrons. The number of nitrogen functional groups attached to an aromatic ring is 1. The van der Waals surface area contributed by atoms with E-state index in [1.54, 1.807) is 51.3 Å². The number of nitrogens with two attached hydrogens (primary N) is 1. The van der Waals surface area contributed by atoms with Crippen molar-refractivity contribution in [2.24, 2.45) is 11.8 Å². The molecule has 2 aliphatic heterocycles. The van der Waals surface area contributed by atoms with Gasteiger partial charge in [0.05, 0.1) is 36.7 Å². The van der Waals surface area contributed by atoms with Crippen LogP contribution in [-0.4, -0.2) is 73.4 Å². The van der Waals surface area contributed by atoms with Gasteiger partial charge in [-0.15, -0.1) is 6.58 Å². The molecular weight excluding hydrogens is 522 g/mol. The number of rotatable bonds is 8. The Kier molecular flexibility index (Phi) is 8.25. The first kappa shape index (κ1) is 27.8. The summed E-state index contributed by atoms with van der Waals surface area (Å²) >= 11 is 0. The molecule has 2 saturated heterocycles. The number of phenols is 1. The summed E-state index contributed by atoms with van der Waals surface area (Å²) in [6, 6.07) is 16.9. The molecule has 41 heavy (non-hydrogen) atoms. The molecule has 2 aromatic carbocycles. The quantitative estimate of drug-likeness (QED) is 0.359. The molecule has 0 bridgehead atoms. The summed E-state index contributed by atoms with van der Waals surface area (Å²) in [4.78, 5) is 51.3. The number of urea groups is 1. The van der Waals surface area contributed by atoms with Crippen molar-refractivity contribution in [1.29, 1.82) is 0 Å². The van der Waals surface area contributed by atoms with Crippen LogP contribution in [-0.2, 0) is 29.1 Å². The van der Waals surface area contributed by atoms with Gasteiger partial charge in [0.1, 0.15) is 5.75 Å². The fourth-order valence-electron chi connectivity index (χ4n) is 5.70. The summed E-state index contributed by atoms with van der Waals surface area (Å²) in [5.41, 5.74) is 8.08. The number of carbonyl (C=O) groups is 3. The number of Topliss-reactive ketones (excluding diaryl/α,β-unsaturated/α-hetero) is 1. The highest BCUT2D eigenvalue weighted by Gasteiger charge is 2.53. The highest BCUT2D eigenvalue weighted by molar-refractivity contribution is 5.93. The number of carbonyl (C=O) groups excluding carboxylic acids is 3. The third-order valence-corrected chi connectivity index (χ3v) is 7.52. The molecule has 3 unspecified atom stereocenters. The lowest BCUT2D eigenvalue weighted by Crippen LogP contribution is -2.71. The smallest absolute Gasteiger partial charge is 0.332 e. The highest BCUT2D eigenvalue weighted by atomic mass is 16.3. The maximum Gasteiger partial charge on any atom is 0.332 e. The summed E-state index contributed by atoms with van der Waals surface area (Å²) in [5.74, 6) is -1.54. The highest BCUT2D eigenvalue weighted by Crippen LogP contribution is 2.36. The van der Waals surface area contributed by atoms with Crippen molar-refractivity contribution in [2.45, 2.75) is 25.6 Å². The number of ketones is 1. The number of aromatic nitrogens is 2. The molecule has 4 N–H and O–H groups in total. The van der Waals surface area contributed by atoms with Gasteiger partial charge in [-0.3, -0.25) is 14.6 Å². The Balaban J connectivity index is 1.49. The van der Waals surface area contributed by atoms with Gasteiger partial charge in [0.15, 0.2) is 5.78 Å². The molecule has 212 valence electrons. The number of hydrogen-bond donors (Lipinski definition) is 3. The van der Waals surface area contributed by atoms with Crippen molar-refractivity contribution < 1.29 is 19.5 Å². The summed E-state index contributed by atoms with van der Waals surface area (Å²) in [5, 5.41) is 16.0. The largest absolute Gasteiger partial charge is 0.508 e. The van der Waals surface area contributed by atoms with Crippen molar-refractivity contribution in [3.63, 3.8) is 0 Å². The lowest BCUT2D eigenvalue weighted by atomic mass is 9.74. The number of nitrogens with one attached hydrogen (secondary N) is 1. The van der Waals surface area contributed by atoms with E-state index in [0.29, 0.717) is 12.2 Å². The SMILES string of the molecule is C=CCN1CC(=O)C2C(Cc3ccc(O)cc3)C(=O)N(Cc3ccnc(N)n3)CC2N1C(=O)NCc1ccccc1. The number of anilines is 1. The van der Waals surface area contributed by atoms with Crippen LogP contribution in [0.5, 0.6) is 5.75 Å². The number of piperidine rings is 1. The van der Waals surface area contributed by atoms with Crippen LogP contribution in [0.3, 0.4) is 0 Å². The predicted octanol–water partition coefficient (Wildman–Crippen LogP) is 2.15. The molecule has 2 aliphatic rings. The lowest BCUT2D eigenvalue weighted by molar-refractivity contribution is -0.167. The van der Waals surface area contributed by atoms with Gasteiger partial charge in [0.25, 0.3) is 0 Å². The molecule has 0 spiro atoms. The summed E-state index contributed by atoms with van der Waals surface area (Å²) in [6.07, 6.45) is 3.45. The van der Waals surface area contributed by atoms with E-state index in [-0.39, 0.29) is 62.0 Å². The zero-order chi connectivity index (χ0) is 28.9. The topological polar surface area (TPSA) is 145 Å². The van der Waals surface area contributed by atoms with E-state index in [0.717, 1.165) is 11.1 Å². The van der Waals surface area contributed by atoms with Crippen molar-refractivity contribution in [2.75, 3.05) is 25.4 Å². The van der Waals surface area contributed by atoms with E-state index >= 15 is 0 Å². The Bertz CT molecular complexity index is 1420. The van der Waals surface area contributed by atoms with E-state index in [4.69, 9.17) is 5.73 Å². The van der Waals surface area contributed by atoms with Gasteiger partial charge in [-0.2, -0.15) is 0 Å².